The van der Waals surface area contributed by atoms with E-state index in [2.05, 4.69) is 50.0 Å². The summed E-state index contributed by atoms with van der Waals surface area (Å²) in [4.78, 5) is 30.8. The molecule has 0 amide bonds. The zero-order valence-corrected chi connectivity index (χ0v) is 30.0. The first-order valence-corrected chi connectivity index (χ1v) is 19.9. The molecule has 0 spiro atoms. The maximum atomic E-state index is 12.0. The molecule has 0 saturated carbocycles. The van der Waals surface area contributed by atoms with Gasteiger partial charge in [-0.25, -0.2) is 30.2 Å². The van der Waals surface area contributed by atoms with E-state index in [4.69, 9.17) is 27.7 Å². The van der Waals surface area contributed by atoms with Crippen LogP contribution in [-0.4, -0.2) is 75.1 Å². The predicted molar refractivity (Wildman–Crippen MR) is 184 cm³/mol. The third kappa shape index (κ3) is 18.4. The van der Waals surface area contributed by atoms with Crippen LogP contribution in [-0.2, 0) is 22.2 Å². The molecular formula is C23H37Cl2N10O6PS3. The SMILES string of the molecule is CCCSP(=O)(OCC)SCCC.CN/C(=N\[N+](=O)[O-])NCc1cnc(Cl)s1.O=[N+]([O-])/N=C1\NCCN1Cc1ccc(Cl)nc1. The summed E-state index contributed by atoms with van der Waals surface area (Å²) in [6.45, 7) is 8.85. The van der Waals surface area contributed by atoms with Gasteiger partial charge in [0, 0.05) is 55.5 Å². The molecule has 1 fully saturated rings. The summed E-state index contributed by atoms with van der Waals surface area (Å²) in [7, 11) is 1.54. The Hall–Kier alpha value is -2.41. The molecule has 0 bridgehead atoms. The molecule has 2 aromatic rings. The lowest BCUT2D eigenvalue weighted by Crippen LogP contribution is -2.34. The average Bonchev–Trinajstić information content (AvgIpc) is 3.62. The van der Waals surface area contributed by atoms with Crippen molar-refractivity contribution in [2.45, 2.75) is 46.7 Å². The lowest BCUT2D eigenvalue weighted by atomic mass is 10.3. The topological polar surface area (TPSA) is 202 Å². The molecule has 0 aliphatic carbocycles. The van der Waals surface area contributed by atoms with Gasteiger partial charge in [-0.1, -0.05) is 65.9 Å². The Morgan fingerprint density at radius 2 is 1.84 bits per heavy atom. The zero-order chi connectivity index (χ0) is 33.7. The number of rotatable bonds is 14. The van der Waals surface area contributed by atoms with Gasteiger partial charge in [0.25, 0.3) is 11.9 Å². The van der Waals surface area contributed by atoms with Crippen LogP contribution in [0.2, 0.25) is 9.62 Å². The monoisotopic (exact) mass is 746 g/mol. The van der Waals surface area contributed by atoms with Crippen LogP contribution >= 0.6 is 63.1 Å². The van der Waals surface area contributed by atoms with Crippen molar-refractivity contribution in [1.82, 2.24) is 30.8 Å². The van der Waals surface area contributed by atoms with Crippen molar-refractivity contribution >= 4 is 75.0 Å². The van der Waals surface area contributed by atoms with Gasteiger partial charge in [-0.2, -0.15) is 0 Å². The first-order chi connectivity index (χ1) is 21.4. The van der Waals surface area contributed by atoms with Crippen molar-refractivity contribution in [3.63, 3.8) is 0 Å². The fourth-order valence-electron chi connectivity index (χ4n) is 3.04. The summed E-state index contributed by atoms with van der Waals surface area (Å²) in [6.07, 6.45) is 5.34. The summed E-state index contributed by atoms with van der Waals surface area (Å²) in [5, 5.41) is 33.9. The van der Waals surface area contributed by atoms with E-state index in [1.807, 2.05) is 13.0 Å². The average molecular weight is 748 g/mol. The molecular weight excluding hydrogens is 710 g/mol. The van der Waals surface area contributed by atoms with Crippen molar-refractivity contribution in [2.24, 2.45) is 10.2 Å². The lowest BCUT2D eigenvalue weighted by Gasteiger charge is -2.14. The normalized spacial score (nSPS) is 13.7. The summed E-state index contributed by atoms with van der Waals surface area (Å²) in [6, 6.07) is 3.52. The van der Waals surface area contributed by atoms with E-state index >= 15 is 0 Å². The first kappa shape index (κ1) is 40.6. The third-order valence-electron chi connectivity index (χ3n) is 4.87. The predicted octanol–water partition coefficient (Wildman–Crippen LogP) is 5.76. The van der Waals surface area contributed by atoms with E-state index in [0.29, 0.717) is 42.4 Å². The molecule has 3 heterocycles. The highest BCUT2D eigenvalue weighted by atomic mass is 35.5. The van der Waals surface area contributed by atoms with E-state index in [1.165, 1.54) is 41.1 Å². The van der Waals surface area contributed by atoms with Gasteiger partial charge in [0.05, 0.1) is 13.2 Å². The van der Waals surface area contributed by atoms with Crippen LogP contribution in [0.15, 0.2) is 34.7 Å². The van der Waals surface area contributed by atoms with Gasteiger partial charge in [-0.15, -0.1) is 11.3 Å². The molecule has 1 saturated heterocycles. The van der Waals surface area contributed by atoms with E-state index in [9.17, 15) is 24.8 Å². The van der Waals surface area contributed by atoms with Gasteiger partial charge in [0.1, 0.15) is 15.4 Å². The molecule has 1 aliphatic rings. The molecule has 1 aliphatic heterocycles. The fourth-order valence-corrected chi connectivity index (χ4v) is 11.2. The Balaban J connectivity index is 0.000000342. The summed E-state index contributed by atoms with van der Waals surface area (Å²) >= 11 is 15.6. The molecule has 3 rings (SSSR count). The summed E-state index contributed by atoms with van der Waals surface area (Å²) in [5.74, 6) is -0.200. The highest BCUT2D eigenvalue weighted by Crippen LogP contribution is 2.69. The Bertz CT molecular complexity index is 1280. The van der Waals surface area contributed by atoms with Gasteiger partial charge in [-0.05, 0) is 31.4 Å². The van der Waals surface area contributed by atoms with Gasteiger partial charge >= 0.3 is 5.77 Å². The number of nitrogens with one attached hydrogen (secondary N) is 3. The Morgan fingerprint density at radius 1 is 1.16 bits per heavy atom. The van der Waals surface area contributed by atoms with E-state index in [-0.39, 0.29) is 11.9 Å². The highest BCUT2D eigenvalue weighted by molar-refractivity contribution is 8.89. The Morgan fingerprint density at radius 3 is 2.33 bits per heavy atom. The van der Waals surface area contributed by atoms with Crippen LogP contribution in [0.1, 0.15) is 44.1 Å². The standard InChI is InChI=1S/C9H10ClN5O2.C8H19O2PS2.C6H8ClN5O2S/c10-8-2-1-7(5-12-8)6-14-4-3-11-9(14)13-15(16)17;1-4-7-12-11(9,10-6-3)13-8-5-2;1-8-6(11-12(13)14)10-3-4-2-9-5(7)15-4/h1-2,5H,3-4,6H2,(H,11,13);4-8H2,1-3H3;2H,3H2,1H3,(H2,8,10,11). The number of hydrogen-bond acceptors (Lipinski definition) is 11. The third-order valence-corrected chi connectivity index (χ3v) is 14.1. The van der Waals surface area contributed by atoms with Crippen molar-refractivity contribution in [2.75, 3.05) is 38.2 Å². The maximum absolute atomic E-state index is 12.0. The number of hydrogen-bond donors (Lipinski definition) is 3. The second-order valence-electron chi connectivity index (χ2n) is 8.40. The van der Waals surface area contributed by atoms with Gasteiger partial charge < -0.3 is 25.4 Å². The van der Waals surface area contributed by atoms with E-state index in [0.717, 1.165) is 34.8 Å². The molecule has 0 atom stereocenters. The van der Waals surface area contributed by atoms with Crippen molar-refractivity contribution < 1.29 is 19.2 Å². The van der Waals surface area contributed by atoms with Gasteiger partial charge in [0.15, 0.2) is 14.5 Å². The van der Waals surface area contributed by atoms with Crippen LogP contribution < -0.4 is 16.0 Å². The number of hydrazone groups is 2. The lowest BCUT2D eigenvalue weighted by molar-refractivity contribution is -0.485. The first-order valence-electron chi connectivity index (χ1n) is 13.6. The second kappa shape index (κ2) is 23.0. The number of guanidine groups is 2. The number of nitro groups is 2. The summed E-state index contributed by atoms with van der Waals surface area (Å²) < 4.78 is 17.8. The molecule has 22 heteroatoms. The number of halogens is 2. The van der Waals surface area contributed by atoms with Crippen molar-refractivity contribution in [3.8, 4) is 0 Å². The molecule has 2 aromatic heterocycles. The van der Waals surface area contributed by atoms with Crippen LogP contribution in [0.3, 0.4) is 0 Å². The fraction of sp³-hybridized carbons (Fsp3) is 0.565. The smallest absolute Gasteiger partial charge is 0.313 e. The van der Waals surface area contributed by atoms with Crippen molar-refractivity contribution in [1.29, 1.82) is 0 Å². The Kier molecular flexibility index (Phi) is 20.8. The maximum Gasteiger partial charge on any atom is 0.313 e. The Labute approximate surface area is 283 Å². The second-order valence-corrected chi connectivity index (χ2v) is 18.1. The van der Waals surface area contributed by atoms with Gasteiger partial charge in [-0.3, -0.25) is 4.57 Å². The quantitative estimate of drug-likeness (QED) is 0.0526. The molecule has 45 heavy (non-hydrogen) atoms. The molecule has 0 aromatic carbocycles. The van der Waals surface area contributed by atoms with E-state index < -0.39 is 15.8 Å². The molecule has 16 nitrogen and oxygen atoms in total. The van der Waals surface area contributed by atoms with Crippen LogP contribution in [0.25, 0.3) is 0 Å². The molecule has 3 N–H and O–H groups in total. The minimum atomic E-state index is -2.42. The minimum Gasteiger partial charge on any atom is -0.354 e. The molecule has 0 unspecified atom stereocenters. The highest BCUT2D eigenvalue weighted by Gasteiger charge is 2.23. The minimum absolute atomic E-state index is 0.0875. The zero-order valence-electron chi connectivity index (χ0n) is 25.2. The van der Waals surface area contributed by atoms with Crippen LogP contribution in [0, 0.1) is 20.2 Å². The number of pyridine rings is 1. The number of aromatic nitrogens is 2. The van der Waals surface area contributed by atoms with Crippen LogP contribution in [0.4, 0.5) is 0 Å². The van der Waals surface area contributed by atoms with Gasteiger partial charge in [0.2, 0.25) is 0 Å². The largest absolute Gasteiger partial charge is 0.354 e. The van der Waals surface area contributed by atoms with Crippen LogP contribution in [0.5, 0.6) is 0 Å². The number of thiazole rings is 1. The molecule has 0 radical (unpaired) electrons. The summed E-state index contributed by atoms with van der Waals surface area (Å²) in [5.41, 5.74) is 0.925. The number of nitrogens with zero attached hydrogens (tertiary/aromatic N) is 7. The van der Waals surface area contributed by atoms with E-state index in [1.54, 1.807) is 23.4 Å². The van der Waals surface area contributed by atoms with Crippen molar-refractivity contribution in [3.05, 3.63) is 64.8 Å². The molecule has 252 valence electrons.